The van der Waals surface area contributed by atoms with Gasteiger partial charge in [-0.1, -0.05) is 12.1 Å². The maximum atomic E-state index is 13.0. The predicted molar refractivity (Wildman–Crippen MR) is 144 cm³/mol. The molecule has 1 aliphatic carbocycles. The third-order valence-electron chi connectivity index (χ3n) is 6.25. The molecule has 14 heteroatoms. The molecule has 1 fully saturated rings. The first kappa shape index (κ1) is 27.8. The van der Waals surface area contributed by atoms with Crippen LogP contribution in [0, 0.1) is 0 Å². The minimum atomic E-state index is -3.61. The van der Waals surface area contributed by atoms with Crippen molar-refractivity contribution in [3.63, 3.8) is 0 Å². The van der Waals surface area contributed by atoms with Crippen molar-refractivity contribution in [3.05, 3.63) is 47.3 Å². The highest BCUT2D eigenvalue weighted by molar-refractivity contribution is 7.92. The van der Waals surface area contributed by atoms with Crippen molar-refractivity contribution in [2.45, 2.75) is 51.2 Å². The topological polar surface area (TPSA) is 177 Å². The Labute approximate surface area is 225 Å². The molecule has 13 nitrogen and oxygen atoms in total. The van der Waals surface area contributed by atoms with Crippen LogP contribution in [0.4, 0.5) is 16.3 Å². The zero-order valence-electron chi connectivity index (χ0n) is 22.0. The Bertz CT molecular complexity index is 1490. The van der Waals surface area contributed by atoms with E-state index in [0.29, 0.717) is 29.8 Å². The molecule has 2 heterocycles. The minimum Gasteiger partial charge on any atom is -0.446 e. The van der Waals surface area contributed by atoms with Gasteiger partial charge in [0.15, 0.2) is 12.1 Å². The highest BCUT2D eigenvalue weighted by Crippen LogP contribution is 2.36. The number of ether oxygens (including phenoxy) is 1. The number of carbonyl (C=O) groups excluding carboxylic acids is 3. The zero-order chi connectivity index (χ0) is 28.3. The Hall–Kier alpha value is -4.20. The number of H-pyrrole nitrogens is 1. The van der Waals surface area contributed by atoms with Crippen LogP contribution in [0.1, 0.15) is 65.6 Å². The Morgan fingerprint density at radius 2 is 2.00 bits per heavy atom. The first-order valence-corrected chi connectivity index (χ1v) is 14.3. The third-order valence-corrected chi connectivity index (χ3v) is 6.84. The Kier molecular flexibility index (Phi) is 8.04. The molecule has 3 aromatic rings. The van der Waals surface area contributed by atoms with Crippen LogP contribution in [0.5, 0.6) is 0 Å². The standard InChI is InChI=1S/C25H31N7O6S/c1-14(2)26-25(35)38-16-9-8-15(10-16)20-12-23(29-28-20)27-24(34)22-11-21(30-32(22)3)17-6-5-7-19(18(17)13-33)31-39(4,36)37/h5-7,11-16,31H,8-10H2,1-4H3,(H,26,35)(H2,27,28,29,34)/t15-,16+/m0/s1. The summed E-state index contributed by atoms with van der Waals surface area (Å²) in [6.07, 6.45) is 3.11. The van der Waals surface area contributed by atoms with Crippen LogP contribution in [-0.4, -0.2) is 65.1 Å². The minimum absolute atomic E-state index is 0.00176. The van der Waals surface area contributed by atoms with Crippen molar-refractivity contribution in [1.82, 2.24) is 25.3 Å². The van der Waals surface area contributed by atoms with Crippen molar-refractivity contribution in [1.29, 1.82) is 0 Å². The summed E-state index contributed by atoms with van der Waals surface area (Å²) in [5, 5.41) is 17.0. The first-order valence-electron chi connectivity index (χ1n) is 12.4. The molecule has 0 bridgehead atoms. The molecule has 0 saturated heterocycles. The van der Waals surface area contributed by atoms with Gasteiger partial charge in [-0.3, -0.25) is 24.1 Å². The Morgan fingerprint density at radius 3 is 2.69 bits per heavy atom. The fourth-order valence-electron chi connectivity index (χ4n) is 4.56. The third kappa shape index (κ3) is 6.82. The molecule has 4 N–H and O–H groups in total. The number of sulfonamides is 1. The number of carbonyl (C=O) groups is 3. The van der Waals surface area contributed by atoms with Gasteiger partial charge in [-0.15, -0.1) is 0 Å². The lowest BCUT2D eigenvalue weighted by atomic mass is 10.0. The summed E-state index contributed by atoms with van der Waals surface area (Å²) >= 11 is 0. The van der Waals surface area contributed by atoms with Gasteiger partial charge in [0.2, 0.25) is 10.0 Å². The van der Waals surface area contributed by atoms with Crippen molar-refractivity contribution >= 4 is 39.8 Å². The molecular weight excluding hydrogens is 526 g/mol. The Balaban J connectivity index is 1.45. The summed E-state index contributed by atoms with van der Waals surface area (Å²) in [6.45, 7) is 3.73. The molecule has 4 rings (SSSR count). The van der Waals surface area contributed by atoms with Crippen LogP contribution in [0.2, 0.25) is 0 Å². The summed E-state index contributed by atoms with van der Waals surface area (Å²) in [7, 11) is -2.03. The van der Waals surface area contributed by atoms with Gasteiger partial charge in [-0.05, 0) is 45.2 Å². The molecule has 0 spiro atoms. The van der Waals surface area contributed by atoms with Crippen LogP contribution in [-0.2, 0) is 21.8 Å². The lowest BCUT2D eigenvalue weighted by Gasteiger charge is -2.14. The highest BCUT2D eigenvalue weighted by atomic mass is 32.2. The van der Waals surface area contributed by atoms with E-state index in [2.05, 4.69) is 30.7 Å². The van der Waals surface area contributed by atoms with E-state index in [4.69, 9.17) is 4.74 Å². The van der Waals surface area contributed by atoms with Gasteiger partial charge in [-0.2, -0.15) is 10.2 Å². The monoisotopic (exact) mass is 557 g/mol. The predicted octanol–water partition coefficient (Wildman–Crippen LogP) is 3.02. The van der Waals surface area contributed by atoms with Gasteiger partial charge in [0.25, 0.3) is 5.91 Å². The van der Waals surface area contributed by atoms with E-state index in [0.717, 1.165) is 24.8 Å². The second-order valence-electron chi connectivity index (χ2n) is 9.80. The number of anilines is 2. The van der Waals surface area contributed by atoms with Gasteiger partial charge in [0.1, 0.15) is 11.8 Å². The smallest absolute Gasteiger partial charge is 0.407 e. The zero-order valence-corrected chi connectivity index (χ0v) is 22.8. The van der Waals surface area contributed by atoms with E-state index in [1.54, 1.807) is 25.2 Å². The van der Waals surface area contributed by atoms with E-state index in [1.807, 2.05) is 13.8 Å². The summed E-state index contributed by atoms with van der Waals surface area (Å²) < 4.78 is 32.5. The van der Waals surface area contributed by atoms with Gasteiger partial charge >= 0.3 is 6.09 Å². The molecule has 39 heavy (non-hydrogen) atoms. The largest absolute Gasteiger partial charge is 0.446 e. The van der Waals surface area contributed by atoms with Gasteiger partial charge in [0.05, 0.1) is 17.6 Å². The fourth-order valence-corrected chi connectivity index (χ4v) is 5.13. The second-order valence-corrected chi connectivity index (χ2v) is 11.5. The van der Waals surface area contributed by atoms with Gasteiger partial charge in [0, 0.05) is 41.9 Å². The number of rotatable bonds is 9. The number of aromatic nitrogens is 4. The molecule has 0 radical (unpaired) electrons. The highest BCUT2D eigenvalue weighted by Gasteiger charge is 2.30. The fraction of sp³-hybridized carbons (Fsp3) is 0.400. The van der Waals surface area contributed by atoms with Crippen molar-refractivity contribution in [3.8, 4) is 11.3 Å². The normalized spacial score (nSPS) is 17.2. The summed E-state index contributed by atoms with van der Waals surface area (Å²) in [6, 6.07) is 7.94. The van der Waals surface area contributed by atoms with Crippen LogP contribution >= 0.6 is 0 Å². The van der Waals surface area contributed by atoms with Crippen molar-refractivity contribution in [2.24, 2.45) is 7.05 Å². The molecule has 1 saturated carbocycles. The molecule has 0 aliphatic heterocycles. The first-order chi connectivity index (χ1) is 18.4. The summed E-state index contributed by atoms with van der Waals surface area (Å²) in [4.78, 5) is 36.7. The number of amides is 2. The SMILES string of the molecule is CC(C)NC(=O)O[C@@H]1CC[C@H](c2cc(NC(=O)c3cc(-c4cccc(NS(C)(=O)=O)c4C=O)nn3C)n[nH]2)C1. The molecule has 1 aliphatic rings. The van der Waals surface area contributed by atoms with E-state index < -0.39 is 22.0 Å². The average Bonchev–Trinajstić information content (AvgIpc) is 3.57. The number of aromatic amines is 1. The molecule has 2 amide bonds. The molecule has 2 atom stereocenters. The molecule has 208 valence electrons. The number of nitrogens with zero attached hydrogens (tertiary/aromatic N) is 3. The molecule has 0 unspecified atom stereocenters. The molecule has 2 aromatic heterocycles. The second kappa shape index (κ2) is 11.3. The summed E-state index contributed by atoms with van der Waals surface area (Å²) in [5.74, 6) is -0.0316. The van der Waals surface area contributed by atoms with Crippen LogP contribution in [0.25, 0.3) is 11.3 Å². The average molecular weight is 558 g/mol. The molecular formula is C25H31N7O6S. The van der Waals surface area contributed by atoms with E-state index in [1.165, 1.54) is 16.8 Å². The van der Waals surface area contributed by atoms with E-state index in [-0.39, 0.29) is 35.0 Å². The number of aryl methyl sites for hydroxylation is 1. The number of aldehydes is 1. The van der Waals surface area contributed by atoms with Gasteiger partial charge in [-0.25, -0.2) is 13.2 Å². The Morgan fingerprint density at radius 1 is 1.23 bits per heavy atom. The maximum Gasteiger partial charge on any atom is 0.407 e. The number of hydrogen-bond acceptors (Lipinski definition) is 8. The number of benzene rings is 1. The lowest BCUT2D eigenvalue weighted by Crippen LogP contribution is -2.33. The van der Waals surface area contributed by atoms with Crippen LogP contribution in [0.3, 0.4) is 0 Å². The lowest BCUT2D eigenvalue weighted by molar-refractivity contribution is 0.0979. The number of hydrogen-bond donors (Lipinski definition) is 4. The van der Waals surface area contributed by atoms with Gasteiger partial charge < -0.3 is 15.4 Å². The van der Waals surface area contributed by atoms with E-state index >= 15 is 0 Å². The quantitative estimate of drug-likeness (QED) is 0.290. The van der Waals surface area contributed by atoms with Crippen LogP contribution < -0.4 is 15.4 Å². The van der Waals surface area contributed by atoms with Crippen LogP contribution in [0.15, 0.2) is 30.3 Å². The van der Waals surface area contributed by atoms with Crippen molar-refractivity contribution < 1.29 is 27.5 Å². The number of alkyl carbamates (subject to hydrolysis) is 1. The maximum absolute atomic E-state index is 13.0. The molecule has 1 aromatic carbocycles. The number of nitrogens with one attached hydrogen (secondary N) is 4. The van der Waals surface area contributed by atoms with E-state index in [9.17, 15) is 22.8 Å². The van der Waals surface area contributed by atoms with Crippen molar-refractivity contribution in [2.75, 3.05) is 16.3 Å². The summed E-state index contributed by atoms with van der Waals surface area (Å²) in [5.41, 5.74) is 1.95.